The summed E-state index contributed by atoms with van der Waals surface area (Å²) in [6, 6.07) is 0. The summed E-state index contributed by atoms with van der Waals surface area (Å²) in [5, 5.41) is 0. The second kappa shape index (κ2) is 9.60. The van der Waals surface area contributed by atoms with Gasteiger partial charge in [-0.1, -0.05) is 6.08 Å². The molecule has 0 aromatic rings. The van der Waals surface area contributed by atoms with Crippen molar-refractivity contribution >= 4 is 0 Å². The molecule has 0 bridgehead atoms. The molecule has 0 amide bonds. The molecule has 2 heterocycles. The highest BCUT2D eigenvalue weighted by Crippen LogP contribution is 2.18. The van der Waals surface area contributed by atoms with Crippen LogP contribution in [0.1, 0.15) is 38.5 Å². The van der Waals surface area contributed by atoms with E-state index >= 15 is 0 Å². The molecule has 20 heavy (non-hydrogen) atoms. The molecular formula is C16H32Br2N2. The van der Waals surface area contributed by atoms with E-state index in [1.54, 1.807) is 0 Å². The minimum Gasteiger partial charge on any atom is -1.00 e. The Morgan fingerprint density at radius 1 is 0.750 bits per heavy atom. The molecule has 0 aromatic heterocycles. The number of quaternary nitrogens is 2. The summed E-state index contributed by atoms with van der Waals surface area (Å²) in [7, 11) is 4.85. The number of hydrogen-bond acceptors (Lipinski definition) is 0. The fourth-order valence-electron chi connectivity index (χ4n) is 3.64. The average molecular weight is 412 g/mol. The van der Waals surface area contributed by atoms with E-state index in [4.69, 9.17) is 0 Å². The summed E-state index contributed by atoms with van der Waals surface area (Å²) >= 11 is 0. The van der Waals surface area contributed by atoms with E-state index in [0.717, 1.165) is 0 Å². The minimum atomic E-state index is 0. The third-order valence-electron chi connectivity index (χ3n) is 5.07. The fourth-order valence-corrected chi connectivity index (χ4v) is 3.64. The van der Waals surface area contributed by atoms with E-state index in [1.165, 1.54) is 86.8 Å². The molecule has 0 N–H and O–H groups in total. The molecule has 0 spiro atoms. The van der Waals surface area contributed by atoms with Crippen LogP contribution in [0.3, 0.4) is 0 Å². The van der Waals surface area contributed by atoms with Crippen LogP contribution in [0.2, 0.25) is 0 Å². The first-order valence-electron chi connectivity index (χ1n) is 7.94. The summed E-state index contributed by atoms with van der Waals surface area (Å²) in [6.45, 7) is 8.25. The Hall–Kier alpha value is 0.620. The highest BCUT2D eigenvalue weighted by molar-refractivity contribution is 4.82. The molecule has 0 radical (unpaired) electrons. The van der Waals surface area contributed by atoms with Crippen LogP contribution in [-0.2, 0) is 0 Å². The van der Waals surface area contributed by atoms with Gasteiger partial charge >= 0.3 is 0 Å². The monoisotopic (exact) mass is 410 g/mol. The van der Waals surface area contributed by atoms with Crippen LogP contribution in [0.25, 0.3) is 0 Å². The van der Waals surface area contributed by atoms with Crippen molar-refractivity contribution in [3.05, 3.63) is 12.2 Å². The Balaban J connectivity index is 0.00000180. The standard InChI is InChI=1S/C16H32N2.2BrH/c1-17(13-7-8-14-17)11-5-3-4-6-12-18(2)15-9-10-16-18;;/h3,5H,4,6-16H2,1-2H3;2*1H/q+2;;/p-2/b5-3+;;. The van der Waals surface area contributed by atoms with E-state index in [2.05, 4.69) is 26.2 Å². The second-order valence-electron chi connectivity index (χ2n) is 7.07. The highest BCUT2D eigenvalue weighted by Gasteiger charge is 2.26. The topological polar surface area (TPSA) is 0 Å². The Morgan fingerprint density at radius 2 is 1.25 bits per heavy atom. The van der Waals surface area contributed by atoms with Gasteiger partial charge in [-0.2, -0.15) is 0 Å². The van der Waals surface area contributed by atoms with Crippen molar-refractivity contribution in [1.82, 2.24) is 0 Å². The zero-order valence-electron chi connectivity index (χ0n) is 13.3. The maximum absolute atomic E-state index is 2.44. The molecule has 4 heteroatoms. The zero-order valence-corrected chi connectivity index (χ0v) is 16.5. The molecule has 0 atom stereocenters. The number of halogens is 2. The van der Waals surface area contributed by atoms with Gasteiger partial charge in [0.2, 0.25) is 0 Å². The van der Waals surface area contributed by atoms with Crippen LogP contribution in [0, 0.1) is 0 Å². The highest BCUT2D eigenvalue weighted by atomic mass is 79.9. The molecule has 0 saturated carbocycles. The Labute approximate surface area is 146 Å². The Morgan fingerprint density at radius 3 is 1.80 bits per heavy atom. The van der Waals surface area contributed by atoms with Gasteiger partial charge in [0, 0.05) is 32.1 Å². The number of rotatable bonds is 6. The van der Waals surface area contributed by atoms with Crippen molar-refractivity contribution in [1.29, 1.82) is 0 Å². The molecular weight excluding hydrogens is 380 g/mol. The number of likely N-dealkylation sites (N-methyl/N-ethyl adjacent to an activating group) is 1. The second-order valence-corrected chi connectivity index (χ2v) is 7.07. The van der Waals surface area contributed by atoms with Gasteiger partial charge in [-0.15, -0.1) is 0 Å². The fraction of sp³-hybridized carbons (Fsp3) is 0.875. The van der Waals surface area contributed by atoms with E-state index in [9.17, 15) is 0 Å². The van der Waals surface area contributed by atoms with Gasteiger partial charge < -0.3 is 42.9 Å². The van der Waals surface area contributed by atoms with Crippen molar-refractivity contribution in [2.75, 3.05) is 53.4 Å². The van der Waals surface area contributed by atoms with Crippen LogP contribution >= 0.6 is 0 Å². The number of likely N-dealkylation sites (tertiary alicyclic amines) is 2. The Kier molecular flexibility index (Phi) is 9.90. The van der Waals surface area contributed by atoms with Gasteiger partial charge in [-0.25, -0.2) is 0 Å². The zero-order chi connectivity index (χ0) is 12.9. The predicted octanol–water partition coefficient (Wildman–Crippen LogP) is -3.19. The largest absolute Gasteiger partial charge is 1.00 e. The lowest BCUT2D eigenvalue weighted by Gasteiger charge is -2.29. The lowest BCUT2D eigenvalue weighted by Crippen LogP contribution is -3.00. The van der Waals surface area contributed by atoms with Crippen molar-refractivity contribution in [3.8, 4) is 0 Å². The van der Waals surface area contributed by atoms with E-state index in [0.29, 0.717) is 0 Å². The maximum atomic E-state index is 2.44. The quantitative estimate of drug-likeness (QED) is 0.245. The van der Waals surface area contributed by atoms with Crippen LogP contribution in [-0.4, -0.2) is 62.3 Å². The van der Waals surface area contributed by atoms with E-state index < -0.39 is 0 Å². The van der Waals surface area contributed by atoms with Crippen molar-refractivity contribution in [2.45, 2.75) is 38.5 Å². The third-order valence-corrected chi connectivity index (χ3v) is 5.07. The number of nitrogens with zero attached hydrogens (tertiary/aromatic N) is 2. The summed E-state index contributed by atoms with van der Waals surface area (Å²) in [5.74, 6) is 0. The van der Waals surface area contributed by atoms with Gasteiger partial charge in [-0.3, -0.25) is 0 Å². The third kappa shape index (κ3) is 6.59. The smallest absolute Gasteiger partial charge is 0.0971 e. The number of allylic oxidation sites excluding steroid dienone is 1. The summed E-state index contributed by atoms with van der Waals surface area (Å²) in [6.07, 6.45) is 13.3. The number of hydrogen-bond donors (Lipinski definition) is 0. The molecule has 2 aliphatic heterocycles. The SMILES string of the molecule is C[N+]1(C/C=C/CCC[N+]2(C)CCCC2)CCCC1.[Br-].[Br-]. The van der Waals surface area contributed by atoms with E-state index in [-0.39, 0.29) is 34.0 Å². The van der Waals surface area contributed by atoms with E-state index in [1.807, 2.05) is 0 Å². The lowest BCUT2D eigenvalue weighted by atomic mass is 10.2. The number of unbranched alkanes of at least 4 members (excludes halogenated alkanes) is 1. The Bertz CT molecular complexity index is 280. The first kappa shape index (κ1) is 20.6. The van der Waals surface area contributed by atoms with Gasteiger partial charge in [0.05, 0.1) is 53.4 Å². The average Bonchev–Trinajstić information content (AvgIpc) is 2.94. The van der Waals surface area contributed by atoms with Gasteiger partial charge in [-0.05, 0) is 12.5 Å². The van der Waals surface area contributed by atoms with Gasteiger partial charge in [0.15, 0.2) is 0 Å². The predicted molar refractivity (Wildman–Crippen MR) is 78.4 cm³/mol. The lowest BCUT2D eigenvalue weighted by molar-refractivity contribution is -0.897. The normalized spacial score (nSPS) is 23.5. The molecule has 0 aromatic carbocycles. The van der Waals surface area contributed by atoms with Crippen molar-refractivity contribution in [3.63, 3.8) is 0 Å². The molecule has 2 rings (SSSR count). The summed E-state index contributed by atoms with van der Waals surface area (Å²) in [4.78, 5) is 0. The molecule has 2 aliphatic rings. The summed E-state index contributed by atoms with van der Waals surface area (Å²) in [5.41, 5.74) is 0. The van der Waals surface area contributed by atoms with Crippen molar-refractivity contribution < 1.29 is 42.9 Å². The van der Waals surface area contributed by atoms with Crippen LogP contribution in [0.5, 0.6) is 0 Å². The van der Waals surface area contributed by atoms with Gasteiger partial charge in [0.1, 0.15) is 0 Å². The first-order valence-corrected chi connectivity index (χ1v) is 7.94. The van der Waals surface area contributed by atoms with Gasteiger partial charge in [0.25, 0.3) is 0 Å². The first-order chi connectivity index (χ1) is 8.62. The molecule has 2 saturated heterocycles. The molecule has 2 fully saturated rings. The van der Waals surface area contributed by atoms with Crippen LogP contribution < -0.4 is 34.0 Å². The molecule has 0 unspecified atom stereocenters. The maximum Gasteiger partial charge on any atom is 0.0971 e. The molecule has 2 nitrogen and oxygen atoms in total. The van der Waals surface area contributed by atoms with Crippen molar-refractivity contribution in [2.24, 2.45) is 0 Å². The minimum absolute atomic E-state index is 0. The molecule has 120 valence electrons. The summed E-state index contributed by atoms with van der Waals surface area (Å²) < 4.78 is 2.62. The van der Waals surface area contributed by atoms with Crippen LogP contribution in [0.15, 0.2) is 12.2 Å². The molecule has 0 aliphatic carbocycles. The van der Waals surface area contributed by atoms with Crippen LogP contribution in [0.4, 0.5) is 0 Å².